The van der Waals surface area contributed by atoms with Crippen LogP contribution in [0.15, 0.2) is 24.3 Å². The van der Waals surface area contributed by atoms with E-state index >= 15 is 0 Å². The van der Waals surface area contributed by atoms with Crippen LogP contribution in [0.25, 0.3) is 0 Å². The Morgan fingerprint density at radius 2 is 1.94 bits per heavy atom. The second-order valence-corrected chi connectivity index (χ2v) is 6.61. The van der Waals surface area contributed by atoms with Crippen LogP contribution in [0.5, 0.6) is 0 Å². The number of nitrogens with one attached hydrogen (secondary N) is 2. The first-order valence-electron chi connectivity index (χ1n) is 5.89. The Bertz CT molecular complexity index is 475. The minimum Gasteiger partial charge on any atom is -0.314 e. The van der Waals surface area contributed by atoms with Gasteiger partial charge in [0, 0.05) is 6.04 Å². The Labute approximate surface area is 114 Å². The highest BCUT2D eigenvalue weighted by molar-refractivity contribution is 7.92. The lowest BCUT2D eigenvalue weighted by atomic mass is 10.3. The van der Waals surface area contributed by atoms with Crippen molar-refractivity contribution in [3.63, 3.8) is 0 Å². The van der Waals surface area contributed by atoms with E-state index in [1.54, 1.807) is 24.3 Å². The number of hydrogen-bond acceptors (Lipinski definition) is 3. The molecule has 0 spiro atoms. The second kappa shape index (κ2) is 6.97. The summed E-state index contributed by atoms with van der Waals surface area (Å²) in [5, 5.41) is 3.58. The van der Waals surface area contributed by atoms with E-state index in [4.69, 9.17) is 11.6 Å². The van der Waals surface area contributed by atoms with Gasteiger partial charge in [0.05, 0.1) is 16.5 Å². The number of halogens is 1. The highest BCUT2D eigenvalue weighted by atomic mass is 35.5. The fraction of sp³-hybridized carbons (Fsp3) is 0.500. The summed E-state index contributed by atoms with van der Waals surface area (Å²) >= 11 is 5.89. The van der Waals surface area contributed by atoms with Gasteiger partial charge in [-0.25, -0.2) is 8.42 Å². The third-order valence-corrected chi connectivity index (χ3v) is 3.97. The maximum absolute atomic E-state index is 11.8. The SMILES string of the molecule is CC(C)NCCCS(=O)(=O)Nc1ccccc1Cl. The number of para-hydroxylation sites is 1. The van der Waals surface area contributed by atoms with Crippen LogP contribution in [-0.4, -0.2) is 26.8 Å². The van der Waals surface area contributed by atoms with Gasteiger partial charge in [-0.1, -0.05) is 37.6 Å². The molecule has 0 fully saturated rings. The Balaban J connectivity index is 2.48. The quantitative estimate of drug-likeness (QED) is 0.759. The van der Waals surface area contributed by atoms with E-state index in [0.717, 1.165) is 0 Å². The predicted molar refractivity (Wildman–Crippen MR) is 76.6 cm³/mol. The van der Waals surface area contributed by atoms with Crippen LogP contribution in [-0.2, 0) is 10.0 Å². The van der Waals surface area contributed by atoms with Crippen molar-refractivity contribution in [2.24, 2.45) is 0 Å². The summed E-state index contributed by atoms with van der Waals surface area (Å²) < 4.78 is 26.1. The van der Waals surface area contributed by atoms with Crippen molar-refractivity contribution in [2.75, 3.05) is 17.0 Å². The van der Waals surface area contributed by atoms with Crippen molar-refractivity contribution in [3.8, 4) is 0 Å². The van der Waals surface area contributed by atoms with E-state index in [0.29, 0.717) is 29.7 Å². The normalized spacial score (nSPS) is 11.8. The van der Waals surface area contributed by atoms with Gasteiger partial charge in [-0.3, -0.25) is 4.72 Å². The van der Waals surface area contributed by atoms with E-state index in [9.17, 15) is 8.42 Å². The molecule has 1 aromatic carbocycles. The molecular formula is C12H19ClN2O2S. The van der Waals surface area contributed by atoms with Crippen LogP contribution in [0.2, 0.25) is 5.02 Å². The van der Waals surface area contributed by atoms with Crippen molar-refractivity contribution >= 4 is 27.3 Å². The summed E-state index contributed by atoms with van der Waals surface area (Å²) in [6, 6.07) is 7.16. The van der Waals surface area contributed by atoms with Gasteiger partial charge in [-0.2, -0.15) is 0 Å². The maximum atomic E-state index is 11.8. The number of rotatable bonds is 7. The van der Waals surface area contributed by atoms with Gasteiger partial charge in [-0.15, -0.1) is 0 Å². The molecule has 0 bridgehead atoms. The van der Waals surface area contributed by atoms with Crippen LogP contribution in [0.3, 0.4) is 0 Å². The van der Waals surface area contributed by atoms with Crippen molar-refractivity contribution < 1.29 is 8.42 Å². The molecule has 0 amide bonds. The first-order valence-corrected chi connectivity index (χ1v) is 7.92. The highest BCUT2D eigenvalue weighted by Gasteiger charge is 2.11. The Morgan fingerprint density at radius 1 is 1.28 bits per heavy atom. The number of hydrogen-bond donors (Lipinski definition) is 2. The topological polar surface area (TPSA) is 58.2 Å². The molecular weight excluding hydrogens is 272 g/mol. The van der Waals surface area contributed by atoms with Gasteiger partial charge in [0.15, 0.2) is 0 Å². The van der Waals surface area contributed by atoms with Crippen molar-refractivity contribution in [1.82, 2.24) is 5.32 Å². The zero-order valence-corrected chi connectivity index (χ0v) is 12.2. The van der Waals surface area contributed by atoms with Crippen molar-refractivity contribution in [2.45, 2.75) is 26.3 Å². The third-order valence-electron chi connectivity index (χ3n) is 2.28. The van der Waals surface area contributed by atoms with E-state index in [2.05, 4.69) is 10.0 Å². The molecule has 0 aliphatic rings. The molecule has 102 valence electrons. The molecule has 0 atom stereocenters. The lowest BCUT2D eigenvalue weighted by Gasteiger charge is -2.10. The van der Waals surface area contributed by atoms with Crippen molar-refractivity contribution in [1.29, 1.82) is 0 Å². The molecule has 18 heavy (non-hydrogen) atoms. The lowest BCUT2D eigenvalue weighted by molar-refractivity contribution is 0.571. The Kier molecular flexibility index (Phi) is 5.91. The molecule has 2 N–H and O–H groups in total. The van der Waals surface area contributed by atoms with Gasteiger partial charge < -0.3 is 5.32 Å². The van der Waals surface area contributed by atoms with Crippen LogP contribution in [0.1, 0.15) is 20.3 Å². The molecule has 0 radical (unpaired) electrons. The average Bonchev–Trinajstić information content (AvgIpc) is 2.27. The lowest BCUT2D eigenvalue weighted by Crippen LogP contribution is -2.26. The Morgan fingerprint density at radius 3 is 2.56 bits per heavy atom. The second-order valence-electron chi connectivity index (χ2n) is 4.36. The largest absolute Gasteiger partial charge is 0.314 e. The standard InChI is InChI=1S/C12H19ClN2O2S/c1-10(2)14-8-5-9-18(16,17)15-12-7-4-3-6-11(12)13/h3-4,6-7,10,14-15H,5,8-9H2,1-2H3. The zero-order chi connectivity index (χ0) is 13.6. The smallest absolute Gasteiger partial charge is 0.232 e. The summed E-state index contributed by atoms with van der Waals surface area (Å²) in [5.74, 6) is 0.0813. The number of anilines is 1. The maximum Gasteiger partial charge on any atom is 0.232 e. The summed E-state index contributed by atoms with van der Waals surface area (Å²) in [7, 11) is -3.33. The van der Waals surface area contributed by atoms with Gasteiger partial charge in [-0.05, 0) is 25.1 Å². The molecule has 6 heteroatoms. The molecule has 0 saturated heterocycles. The van der Waals surface area contributed by atoms with E-state index in [-0.39, 0.29) is 5.75 Å². The summed E-state index contributed by atoms with van der Waals surface area (Å²) in [6.45, 7) is 4.73. The first kappa shape index (κ1) is 15.3. The van der Waals surface area contributed by atoms with E-state index in [1.807, 2.05) is 13.8 Å². The molecule has 0 aromatic heterocycles. The molecule has 0 aliphatic heterocycles. The molecule has 0 heterocycles. The summed E-state index contributed by atoms with van der Waals surface area (Å²) in [5.41, 5.74) is 0.427. The van der Waals surface area contributed by atoms with Gasteiger partial charge in [0.1, 0.15) is 0 Å². The monoisotopic (exact) mass is 290 g/mol. The van der Waals surface area contributed by atoms with Crippen LogP contribution < -0.4 is 10.0 Å². The highest BCUT2D eigenvalue weighted by Crippen LogP contribution is 2.21. The molecule has 0 aliphatic carbocycles. The van der Waals surface area contributed by atoms with E-state index < -0.39 is 10.0 Å². The molecule has 0 unspecified atom stereocenters. The number of sulfonamides is 1. The Hall–Kier alpha value is -0.780. The molecule has 1 rings (SSSR count). The van der Waals surface area contributed by atoms with Crippen LogP contribution in [0.4, 0.5) is 5.69 Å². The van der Waals surface area contributed by atoms with Crippen molar-refractivity contribution in [3.05, 3.63) is 29.3 Å². The molecule has 0 saturated carbocycles. The average molecular weight is 291 g/mol. The molecule has 1 aromatic rings. The fourth-order valence-corrected chi connectivity index (χ4v) is 2.79. The van der Waals surface area contributed by atoms with Crippen LogP contribution >= 0.6 is 11.6 Å². The minimum atomic E-state index is -3.33. The number of benzene rings is 1. The van der Waals surface area contributed by atoms with Gasteiger partial charge >= 0.3 is 0 Å². The van der Waals surface area contributed by atoms with E-state index in [1.165, 1.54) is 0 Å². The van der Waals surface area contributed by atoms with Crippen LogP contribution in [0, 0.1) is 0 Å². The summed E-state index contributed by atoms with van der Waals surface area (Å²) in [4.78, 5) is 0. The minimum absolute atomic E-state index is 0.0813. The third kappa shape index (κ3) is 5.71. The zero-order valence-electron chi connectivity index (χ0n) is 10.6. The first-order chi connectivity index (χ1) is 8.41. The fourth-order valence-electron chi connectivity index (χ4n) is 1.42. The molecule has 4 nitrogen and oxygen atoms in total. The van der Waals surface area contributed by atoms with Gasteiger partial charge in [0.25, 0.3) is 0 Å². The van der Waals surface area contributed by atoms with Gasteiger partial charge in [0.2, 0.25) is 10.0 Å². The predicted octanol–water partition coefficient (Wildman–Crippen LogP) is 2.47. The summed E-state index contributed by atoms with van der Waals surface area (Å²) in [6.07, 6.45) is 0.567.